The van der Waals surface area contributed by atoms with Crippen LogP contribution in [0, 0.1) is 0 Å². The van der Waals surface area contributed by atoms with Gasteiger partial charge in [0.05, 0.1) is 6.10 Å². The molecule has 2 aliphatic rings. The Morgan fingerprint density at radius 2 is 1.94 bits per heavy atom. The number of ether oxygens (including phenoxy) is 1. The minimum atomic E-state index is -3.80. The van der Waals surface area contributed by atoms with Gasteiger partial charge in [0, 0.05) is 6.54 Å². The van der Waals surface area contributed by atoms with Crippen LogP contribution in [-0.2, 0) is 14.8 Å². The van der Waals surface area contributed by atoms with Crippen LogP contribution in [0.1, 0.15) is 40.0 Å². The molecule has 0 aromatic rings. The Morgan fingerprint density at radius 1 is 1.39 bits per heavy atom. The molecule has 1 heterocycles. The smallest absolute Gasteiger partial charge is 0.424 e. The van der Waals surface area contributed by atoms with Crippen LogP contribution in [-0.4, -0.2) is 46.9 Å². The highest BCUT2D eigenvalue weighted by Gasteiger charge is 2.65. The molecule has 104 valence electrons. The largest absolute Gasteiger partial charge is 0.443 e. The van der Waals surface area contributed by atoms with Crippen LogP contribution < -0.4 is 0 Å². The van der Waals surface area contributed by atoms with Crippen LogP contribution in [0.3, 0.4) is 0 Å². The van der Waals surface area contributed by atoms with Gasteiger partial charge in [-0.15, -0.1) is 0 Å². The molecule has 1 N–H and O–H groups in total. The highest BCUT2D eigenvalue weighted by Crippen LogP contribution is 2.51. The first-order chi connectivity index (χ1) is 8.10. The van der Waals surface area contributed by atoms with Gasteiger partial charge in [-0.05, 0) is 40.0 Å². The summed E-state index contributed by atoms with van der Waals surface area (Å²) in [6.07, 6.45) is -0.619. The Morgan fingerprint density at radius 3 is 2.39 bits per heavy atom. The first-order valence-corrected chi connectivity index (χ1v) is 7.47. The number of carbonyl (C=O) groups excluding carboxylic acids is 1. The van der Waals surface area contributed by atoms with E-state index in [2.05, 4.69) is 0 Å². The molecule has 1 amide bonds. The van der Waals surface area contributed by atoms with Crippen molar-refractivity contribution in [1.82, 2.24) is 4.31 Å². The summed E-state index contributed by atoms with van der Waals surface area (Å²) in [5, 5.41) is 9.81. The molecule has 1 aliphatic carbocycles. The standard InChI is InChI=1S/C11H19NO5S/c1-10(2,3)17-9(14)12-7-4-8(13)11(5-6-11)18(12,15)16/h8,13H,4-7H2,1-3H3. The van der Waals surface area contributed by atoms with E-state index in [1.165, 1.54) is 0 Å². The van der Waals surface area contributed by atoms with Crippen molar-refractivity contribution in [2.45, 2.75) is 56.5 Å². The Bertz CT molecular complexity index is 460. The van der Waals surface area contributed by atoms with E-state index in [9.17, 15) is 18.3 Å². The number of nitrogens with zero attached hydrogens (tertiary/aromatic N) is 1. The predicted molar refractivity (Wildman–Crippen MR) is 64.4 cm³/mol. The lowest BCUT2D eigenvalue weighted by Gasteiger charge is -2.36. The summed E-state index contributed by atoms with van der Waals surface area (Å²) in [5.74, 6) is 0. The third-order valence-electron chi connectivity index (χ3n) is 3.36. The van der Waals surface area contributed by atoms with E-state index in [0.29, 0.717) is 12.8 Å². The second kappa shape index (κ2) is 3.84. The first kappa shape index (κ1) is 13.6. The maximum Gasteiger partial charge on any atom is 0.424 e. The molecule has 1 unspecified atom stereocenters. The summed E-state index contributed by atoms with van der Waals surface area (Å²) in [6, 6.07) is 0. The first-order valence-electron chi connectivity index (χ1n) is 6.03. The van der Waals surface area contributed by atoms with Crippen LogP contribution in [0.5, 0.6) is 0 Å². The molecule has 0 bridgehead atoms. The van der Waals surface area contributed by atoms with Crippen molar-refractivity contribution >= 4 is 16.1 Å². The quantitative estimate of drug-likeness (QED) is 0.709. The van der Waals surface area contributed by atoms with Crippen LogP contribution in [0.2, 0.25) is 0 Å². The third kappa shape index (κ3) is 1.99. The molecule has 0 radical (unpaired) electrons. The molecule has 2 rings (SSSR count). The van der Waals surface area contributed by atoms with Gasteiger partial charge in [-0.2, -0.15) is 0 Å². The van der Waals surface area contributed by atoms with Gasteiger partial charge in [0.15, 0.2) is 0 Å². The van der Waals surface area contributed by atoms with Crippen molar-refractivity contribution in [1.29, 1.82) is 0 Å². The van der Waals surface area contributed by atoms with Crippen molar-refractivity contribution in [3.63, 3.8) is 0 Å². The van der Waals surface area contributed by atoms with E-state index < -0.39 is 32.6 Å². The molecule has 6 nitrogen and oxygen atoms in total. The van der Waals surface area contributed by atoms with Crippen molar-refractivity contribution in [2.75, 3.05) is 6.54 Å². The maximum absolute atomic E-state index is 12.3. The fourth-order valence-electron chi connectivity index (χ4n) is 2.23. The van der Waals surface area contributed by atoms with Gasteiger partial charge in [-0.1, -0.05) is 0 Å². The maximum atomic E-state index is 12.3. The molecule has 0 aromatic heterocycles. The second-order valence-electron chi connectivity index (χ2n) is 5.93. The summed E-state index contributed by atoms with van der Waals surface area (Å²) in [4.78, 5) is 11.9. The third-order valence-corrected chi connectivity index (χ3v) is 5.98. The van der Waals surface area contributed by atoms with Gasteiger partial charge < -0.3 is 9.84 Å². The normalized spacial score (nSPS) is 29.1. The number of hydrogen-bond acceptors (Lipinski definition) is 5. The molecule has 1 aliphatic heterocycles. The van der Waals surface area contributed by atoms with Crippen molar-refractivity contribution < 1.29 is 23.1 Å². The molecule has 1 saturated carbocycles. The number of aliphatic hydroxyl groups is 1. The number of aliphatic hydroxyl groups excluding tert-OH is 1. The molecule has 1 saturated heterocycles. The molecular weight excluding hydrogens is 258 g/mol. The zero-order valence-electron chi connectivity index (χ0n) is 10.8. The Balaban J connectivity index is 2.23. The number of sulfonamides is 1. The molecule has 18 heavy (non-hydrogen) atoms. The molecule has 0 aromatic carbocycles. The predicted octanol–water partition coefficient (Wildman–Crippen LogP) is 0.850. The lowest BCUT2D eigenvalue weighted by molar-refractivity contribution is 0.0332. The van der Waals surface area contributed by atoms with Crippen molar-refractivity contribution in [3.8, 4) is 0 Å². The van der Waals surface area contributed by atoms with Crippen LogP contribution in [0.4, 0.5) is 4.79 Å². The van der Waals surface area contributed by atoms with Gasteiger partial charge in [0.25, 0.3) is 0 Å². The van der Waals surface area contributed by atoms with E-state index in [-0.39, 0.29) is 13.0 Å². The highest BCUT2D eigenvalue weighted by molar-refractivity contribution is 7.91. The number of hydrogen-bond donors (Lipinski definition) is 1. The molecular formula is C11H19NO5S. The van der Waals surface area contributed by atoms with Crippen LogP contribution in [0.25, 0.3) is 0 Å². The van der Waals surface area contributed by atoms with E-state index in [4.69, 9.17) is 4.74 Å². The molecule has 2 fully saturated rings. The lowest BCUT2D eigenvalue weighted by Crippen LogP contribution is -2.55. The monoisotopic (exact) mass is 277 g/mol. The van der Waals surface area contributed by atoms with Gasteiger partial charge in [-0.25, -0.2) is 17.5 Å². The summed E-state index contributed by atoms with van der Waals surface area (Å²) in [7, 11) is -3.80. The Kier molecular flexibility index (Phi) is 2.90. The fourth-order valence-corrected chi connectivity index (χ4v) is 4.33. The Hall–Kier alpha value is -0.820. The highest BCUT2D eigenvalue weighted by atomic mass is 32.2. The number of amides is 1. The summed E-state index contributed by atoms with van der Waals surface area (Å²) >= 11 is 0. The Labute approximate surface area is 107 Å². The zero-order chi connectivity index (χ0) is 13.8. The van der Waals surface area contributed by atoms with Gasteiger partial charge in [-0.3, -0.25) is 0 Å². The molecule has 1 atom stereocenters. The second-order valence-corrected chi connectivity index (χ2v) is 8.13. The van der Waals surface area contributed by atoms with E-state index >= 15 is 0 Å². The van der Waals surface area contributed by atoms with Crippen LogP contribution >= 0.6 is 0 Å². The summed E-state index contributed by atoms with van der Waals surface area (Å²) in [5.41, 5.74) is -0.737. The topological polar surface area (TPSA) is 83.9 Å². The fraction of sp³-hybridized carbons (Fsp3) is 0.909. The molecule has 7 heteroatoms. The van der Waals surface area contributed by atoms with E-state index in [1.54, 1.807) is 20.8 Å². The van der Waals surface area contributed by atoms with Crippen LogP contribution in [0.15, 0.2) is 0 Å². The average Bonchev–Trinajstić information content (AvgIpc) is 2.92. The van der Waals surface area contributed by atoms with Crippen molar-refractivity contribution in [2.24, 2.45) is 0 Å². The zero-order valence-corrected chi connectivity index (χ0v) is 11.7. The lowest BCUT2D eigenvalue weighted by atomic mass is 10.1. The SMILES string of the molecule is CC(C)(C)OC(=O)N1CCC(O)C2(CC2)S1(=O)=O. The number of carbonyl (C=O) groups is 1. The van der Waals surface area contributed by atoms with Crippen molar-refractivity contribution in [3.05, 3.63) is 0 Å². The van der Waals surface area contributed by atoms with Gasteiger partial charge in [0.1, 0.15) is 10.3 Å². The average molecular weight is 277 g/mol. The summed E-state index contributed by atoms with van der Waals surface area (Å²) < 4.78 is 29.3. The van der Waals surface area contributed by atoms with Gasteiger partial charge in [0.2, 0.25) is 10.0 Å². The van der Waals surface area contributed by atoms with Gasteiger partial charge >= 0.3 is 6.09 Å². The minimum absolute atomic E-state index is 0.0137. The van der Waals surface area contributed by atoms with E-state index in [1.807, 2.05) is 0 Å². The number of rotatable bonds is 0. The summed E-state index contributed by atoms with van der Waals surface area (Å²) in [6.45, 7) is 5.04. The minimum Gasteiger partial charge on any atom is -0.443 e. The van der Waals surface area contributed by atoms with E-state index in [0.717, 1.165) is 4.31 Å². The molecule has 1 spiro atoms.